The molecule has 0 saturated carbocycles. The van der Waals surface area contributed by atoms with Crippen molar-refractivity contribution < 1.29 is 9.66 Å². The maximum Gasteiger partial charge on any atom is 0.278 e. The number of anilines is 1. The van der Waals surface area contributed by atoms with Gasteiger partial charge in [0.1, 0.15) is 11.6 Å². The summed E-state index contributed by atoms with van der Waals surface area (Å²) in [6.07, 6.45) is 0. The van der Waals surface area contributed by atoms with Crippen LogP contribution in [0.1, 0.15) is 6.92 Å². The number of pyridine rings is 1. The number of nitrogens with zero attached hydrogens (tertiary/aromatic N) is 2. The zero-order valence-corrected chi connectivity index (χ0v) is 10.4. The Morgan fingerprint density at radius 2 is 2.05 bits per heavy atom. The predicted octanol–water partition coefficient (Wildman–Crippen LogP) is 3.21. The third-order valence-electron chi connectivity index (χ3n) is 2.32. The van der Waals surface area contributed by atoms with Crippen molar-refractivity contribution in [1.29, 1.82) is 0 Å². The molecule has 19 heavy (non-hydrogen) atoms. The maximum absolute atomic E-state index is 10.9. The van der Waals surface area contributed by atoms with Crippen LogP contribution in [0.4, 0.5) is 11.5 Å². The van der Waals surface area contributed by atoms with Crippen molar-refractivity contribution in [2.75, 3.05) is 11.9 Å². The number of nitrogens with one attached hydrogen (secondary N) is 1. The Morgan fingerprint density at radius 3 is 2.68 bits per heavy atom. The lowest BCUT2D eigenvalue weighted by atomic mass is 10.3. The Morgan fingerprint density at radius 1 is 1.32 bits per heavy atom. The Kier molecular flexibility index (Phi) is 3.92. The minimum Gasteiger partial charge on any atom is -0.439 e. The Balaban J connectivity index is 2.31. The van der Waals surface area contributed by atoms with E-state index < -0.39 is 4.92 Å². The summed E-state index contributed by atoms with van der Waals surface area (Å²) < 4.78 is 5.50. The minimum atomic E-state index is -0.472. The lowest BCUT2D eigenvalue weighted by molar-refractivity contribution is -0.384. The van der Waals surface area contributed by atoms with Crippen molar-refractivity contribution in [3.63, 3.8) is 0 Å². The molecule has 0 amide bonds. The number of hydrogen-bond donors (Lipinski definition) is 1. The smallest absolute Gasteiger partial charge is 0.278 e. The molecule has 0 spiro atoms. The van der Waals surface area contributed by atoms with E-state index in [-0.39, 0.29) is 11.6 Å². The summed E-state index contributed by atoms with van der Waals surface area (Å²) in [5, 5.41) is 13.8. The van der Waals surface area contributed by atoms with Crippen LogP contribution in [0.25, 0.3) is 0 Å². The maximum atomic E-state index is 10.9. The molecule has 0 radical (unpaired) electrons. The summed E-state index contributed by atoms with van der Waals surface area (Å²) in [5.74, 6) is 1.19. The first-order valence-electron chi connectivity index (χ1n) is 5.82. The molecule has 0 unspecified atom stereocenters. The summed E-state index contributed by atoms with van der Waals surface area (Å²) in [6, 6.07) is 11.7. The van der Waals surface area contributed by atoms with E-state index in [4.69, 9.17) is 4.74 Å². The predicted molar refractivity (Wildman–Crippen MR) is 71.6 cm³/mol. The fourth-order valence-electron chi connectivity index (χ4n) is 1.53. The van der Waals surface area contributed by atoms with Crippen LogP contribution in [0.2, 0.25) is 0 Å². The van der Waals surface area contributed by atoms with Crippen molar-refractivity contribution in [3.8, 4) is 11.6 Å². The van der Waals surface area contributed by atoms with Gasteiger partial charge in [-0.25, -0.2) is 0 Å². The molecule has 1 aromatic carbocycles. The van der Waals surface area contributed by atoms with Crippen LogP contribution < -0.4 is 10.1 Å². The average molecular weight is 259 g/mol. The van der Waals surface area contributed by atoms with Crippen LogP contribution in [-0.4, -0.2) is 16.5 Å². The SMILES string of the molecule is CCNc1cc([N+](=O)[O-])cc(Oc2ccccc2)n1. The molecular weight excluding hydrogens is 246 g/mol. The largest absolute Gasteiger partial charge is 0.439 e. The lowest BCUT2D eigenvalue weighted by Crippen LogP contribution is -2.01. The standard InChI is InChI=1S/C13H13N3O3/c1-2-14-12-8-10(16(17)18)9-13(15-12)19-11-6-4-3-5-7-11/h3-9H,2H2,1H3,(H,14,15). The highest BCUT2D eigenvalue weighted by atomic mass is 16.6. The van der Waals surface area contributed by atoms with Gasteiger partial charge in [-0.05, 0) is 19.1 Å². The van der Waals surface area contributed by atoms with E-state index in [0.29, 0.717) is 18.1 Å². The highest BCUT2D eigenvalue weighted by Crippen LogP contribution is 2.26. The number of ether oxygens (including phenoxy) is 1. The van der Waals surface area contributed by atoms with Crippen LogP contribution in [0, 0.1) is 10.1 Å². The van der Waals surface area contributed by atoms with Crippen molar-refractivity contribution >= 4 is 11.5 Å². The minimum absolute atomic E-state index is 0.0584. The normalized spacial score (nSPS) is 9.95. The molecule has 2 rings (SSSR count). The van der Waals surface area contributed by atoms with Gasteiger partial charge in [0.2, 0.25) is 5.88 Å². The molecule has 98 valence electrons. The molecule has 6 heteroatoms. The Labute approximate surface area is 110 Å². The molecule has 0 bridgehead atoms. The van der Waals surface area contributed by atoms with Crippen molar-refractivity contribution in [1.82, 2.24) is 4.98 Å². The zero-order chi connectivity index (χ0) is 13.7. The fourth-order valence-corrected chi connectivity index (χ4v) is 1.53. The summed E-state index contributed by atoms with van der Waals surface area (Å²) in [6.45, 7) is 2.51. The number of benzene rings is 1. The number of para-hydroxylation sites is 1. The summed E-state index contributed by atoms with van der Waals surface area (Å²) in [7, 11) is 0. The van der Waals surface area contributed by atoms with Crippen LogP contribution in [0.15, 0.2) is 42.5 Å². The summed E-state index contributed by atoms with van der Waals surface area (Å²) in [5.41, 5.74) is -0.0584. The Bertz CT molecular complexity index is 573. The van der Waals surface area contributed by atoms with Gasteiger partial charge in [-0.3, -0.25) is 10.1 Å². The van der Waals surface area contributed by atoms with Gasteiger partial charge in [-0.1, -0.05) is 18.2 Å². The number of aromatic nitrogens is 1. The van der Waals surface area contributed by atoms with Gasteiger partial charge in [-0.2, -0.15) is 4.98 Å². The van der Waals surface area contributed by atoms with Gasteiger partial charge in [0.25, 0.3) is 5.69 Å². The fraction of sp³-hybridized carbons (Fsp3) is 0.154. The Hall–Kier alpha value is -2.63. The van der Waals surface area contributed by atoms with Crippen molar-refractivity contribution in [2.45, 2.75) is 6.92 Å². The van der Waals surface area contributed by atoms with Gasteiger partial charge in [-0.15, -0.1) is 0 Å². The van der Waals surface area contributed by atoms with Gasteiger partial charge in [0, 0.05) is 6.54 Å². The molecule has 1 heterocycles. The molecule has 2 aromatic rings. The number of rotatable bonds is 5. The molecule has 6 nitrogen and oxygen atoms in total. The van der Waals surface area contributed by atoms with Crippen LogP contribution >= 0.6 is 0 Å². The lowest BCUT2D eigenvalue weighted by Gasteiger charge is -2.07. The molecular formula is C13H13N3O3. The van der Waals surface area contributed by atoms with E-state index in [2.05, 4.69) is 10.3 Å². The molecule has 0 aliphatic carbocycles. The second-order valence-corrected chi connectivity index (χ2v) is 3.75. The zero-order valence-electron chi connectivity index (χ0n) is 10.4. The topological polar surface area (TPSA) is 77.3 Å². The molecule has 0 aliphatic rings. The van der Waals surface area contributed by atoms with Gasteiger partial charge >= 0.3 is 0 Å². The second kappa shape index (κ2) is 5.81. The first kappa shape index (κ1) is 12.8. The van der Waals surface area contributed by atoms with Gasteiger partial charge in [0.05, 0.1) is 17.1 Å². The molecule has 1 N–H and O–H groups in total. The third-order valence-corrected chi connectivity index (χ3v) is 2.32. The van der Waals surface area contributed by atoms with Crippen molar-refractivity contribution in [3.05, 3.63) is 52.6 Å². The van der Waals surface area contributed by atoms with E-state index >= 15 is 0 Å². The highest BCUT2D eigenvalue weighted by molar-refractivity contribution is 5.49. The summed E-state index contributed by atoms with van der Waals surface area (Å²) >= 11 is 0. The van der Waals surface area contributed by atoms with E-state index in [0.717, 1.165) is 0 Å². The van der Waals surface area contributed by atoms with Crippen LogP contribution in [0.5, 0.6) is 11.6 Å². The van der Waals surface area contributed by atoms with E-state index in [9.17, 15) is 10.1 Å². The van der Waals surface area contributed by atoms with Crippen LogP contribution in [-0.2, 0) is 0 Å². The van der Waals surface area contributed by atoms with Gasteiger partial charge in [0.15, 0.2) is 0 Å². The summed E-state index contributed by atoms with van der Waals surface area (Å²) in [4.78, 5) is 14.5. The van der Waals surface area contributed by atoms with Gasteiger partial charge < -0.3 is 10.1 Å². The van der Waals surface area contributed by atoms with Crippen LogP contribution in [0.3, 0.4) is 0 Å². The van der Waals surface area contributed by atoms with Crippen molar-refractivity contribution in [2.24, 2.45) is 0 Å². The quantitative estimate of drug-likeness (QED) is 0.659. The molecule has 0 saturated heterocycles. The molecule has 0 atom stereocenters. The highest BCUT2D eigenvalue weighted by Gasteiger charge is 2.12. The first-order chi connectivity index (χ1) is 9.19. The van der Waals surface area contributed by atoms with E-state index in [1.54, 1.807) is 12.1 Å². The monoisotopic (exact) mass is 259 g/mol. The second-order valence-electron chi connectivity index (χ2n) is 3.75. The average Bonchev–Trinajstić information content (AvgIpc) is 2.40. The molecule has 0 fully saturated rings. The molecule has 0 aliphatic heterocycles. The number of nitro groups is 1. The molecule has 1 aromatic heterocycles. The van der Waals surface area contributed by atoms with E-state index in [1.807, 2.05) is 25.1 Å². The van der Waals surface area contributed by atoms with E-state index in [1.165, 1.54) is 12.1 Å². The third kappa shape index (κ3) is 3.41. The first-order valence-corrected chi connectivity index (χ1v) is 5.82. The number of hydrogen-bond acceptors (Lipinski definition) is 5.